The van der Waals surface area contributed by atoms with Gasteiger partial charge in [0.15, 0.2) is 0 Å². The molecule has 1 heterocycles. The third kappa shape index (κ3) is 3.30. The van der Waals surface area contributed by atoms with Crippen LogP contribution in [0.3, 0.4) is 0 Å². The number of hydrogen-bond donors (Lipinski definition) is 2. The van der Waals surface area contributed by atoms with E-state index in [0.717, 1.165) is 12.1 Å². The van der Waals surface area contributed by atoms with Crippen LogP contribution < -0.4 is 10.5 Å². The summed E-state index contributed by atoms with van der Waals surface area (Å²) in [6.45, 7) is 1.57. The first kappa shape index (κ1) is 13.5. The Hall–Kier alpha value is -1.93. The Kier molecular flexibility index (Phi) is 3.54. The maximum Gasteiger partial charge on any atom is 0.241 e. The van der Waals surface area contributed by atoms with Gasteiger partial charge in [0.05, 0.1) is 17.6 Å². The molecule has 0 fully saturated rings. The van der Waals surface area contributed by atoms with Gasteiger partial charge < -0.3 is 10.2 Å². The first-order chi connectivity index (χ1) is 8.87. The van der Waals surface area contributed by atoms with Crippen molar-refractivity contribution in [2.75, 3.05) is 5.73 Å². The van der Waals surface area contributed by atoms with Crippen LogP contribution in [-0.2, 0) is 16.6 Å². The molecule has 19 heavy (non-hydrogen) atoms. The normalized spacial score (nSPS) is 11.7. The molecule has 0 radical (unpaired) electrons. The molecule has 0 aliphatic carbocycles. The summed E-state index contributed by atoms with van der Waals surface area (Å²) in [5.41, 5.74) is 5.44. The van der Waals surface area contributed by atoms with E-state index in [2.05, 4.69) is 9.71 Å². The van der Waals surface area contributed by atoms with Crippen LogP contribution in [0.2, 0.25) is 0 Å². The van der Waals surface area contributed by atoms with E-state index in [0.29, 0.717) is 5.76 Å². The topological polar surface area (TPSA) is 98.2 Å². The van der Waals surface area contributed by atoms with Crippen LogP contribution in [0.1, 0.15) is 11.7 Å². The van der Waals surface area contributed by atoms with Gasteiger partial charge >= 0.3 is 0 Å². The highest BCUT2D eigenvalue weighted by Gasteiger charge is 2.16. The summed E-state index contributed by atoms with van der Waals surface area (Å²) in [5, 5.41) is 0. The molecular weight excluding hydrogens is 273 g/mol. The van der Waals surface area contributed by atoms with Crippen LogP contribution in [0.25, 0.3) is 0 Å². The molecular formula is C11H12FN3O3S. The lowest BCUT2D eigenvalue weighted by Gasteiger charge is -2.06. The molecule has 1 aromatic heterocycles. The summed E-state index contributed by atoms with van der Waals surface area (Å²) in [6.07, 6.45) is 1.48. The maximum atomic E-state index is 13.1. The van der Waals surface area contributed by atoms with E-state index < -0.39 is 15.8 Å². The molecule has 0 saturated carbocycles. The highest BCUT2D eigenvalue weighted by molar-refractivity contribution is 7.89. The van der Waals surface area contributed by atoms with Crippen molar-refractivity contribution in [2.45, 2.75) is 18.4 Å². The van der Waals surface area contributed by atoms with Crippen molar-refractivity contribution in [3.05, 3.63) is 41.9 Å². The Morgan fingerprint density at radius 2 is 2.16 bits per heavy atom. The van der Waals surface area contributed by atoms with Crippen LogP contribution in [-0.4, -0.2) is 13.4 Å². The van der Waals surface area contributed by atoms with Crippen LogP contribution in [0.5, 0.6) is 0 Å². The number of aromatic nitrogens is 1. The number of halogens is 1. The van der Waals surface area contributed by atoms with Gasteiger partial charge in [0, 0.05) is 5.69 Å². The average molecular weight is 285 g/mol. The minimum Gasteiger partial charge on any atom is -0.445 e. The van der Waals surface area contributed by atoms with Crippen molar-refractivity contribution >= 4 is 15.7 Å². The van der Waals surface area contributed by atoms with Gasteiger partial charge in [-0.2, -0.15) is 0 Å². The number of nitrogen functional groups attached to an aromatic ring is 1. The Morgan fingerprint density at radius 1 is 1.42 bits per heavy atom. The fraction of sp³-hybridized carbons (Fsp3) is 0.182. The Balaban J connectivity index is 2.18. The molecule has 6 nitrogen and oxygen atoms in total. The highest BCUT2D eigenvalue weighted by Crippen LogP contribution is 2.16. The van der Waals surface area contributed by atoms with Crippen molar-refractivity contribution < 1.29 is 17.2 Å². The van der Waals surface area contributed by atoms with Gasteiger partial charge in [-0.15, -0.1) is 0 Å². The molecule has 0 bridgehead atoms. The number of nitrogens with two attached hydrogens (primary N) is 1. The van der Waals surface area contributed by atoms with Gasteiger partial charge in [-0.1, -0.05) is 0 Å². The van der Waals surface area contributed by atoms with Gasteiger partial charge in [-0.3, -0.25) is 0 Å². The molecule has 2 rings (SSSR count). The summed E-state index contributed by atoms with van der Waals surface area (Å²) >= 11 is 0. The van der Waals surface area contributed by atoms with E-state index in [1.54, 1.807) is 6.92 Å². The van der Waals surface area contributed by atoms with E-state index in [9.17, 15) is 12.8 Å². The number of benzene rings is 1. The van der Waals surface area contributed by atoms with Crippen LogP contribution in [0, 0.1) is 12.7 Å². The summed E-state index contributed by atoms with van der Waals surface area (Å²) < 4.78 is 44.3. The van der Waals surface area contributed by atoms with E-state index in [-0.39, 0.29) is 23.0 Å². The molecule has 0 saturated heterocycles. The van der Waals surface area contributed by atoms with E-state index in [1.807, 2.05) is 0 Å². The number of anilines is 1. The lowest BCUT2D eigenvalue weighted by molar-refractivity contribution is 0.463. The molecule has 2 aromatic rings. The summed E-state index contributed by atoms with van der Waals surface area (Å²) in [7, 11) is -3.86. The monoisotopic (exact) mass is 285 g/mol. The zero-order valence-corrected chi connectivity index (χ0v) is 10.9. The van der Waals surface area contributed by atoms with Crippen LogP contribution >= 0.6 is 0 Å². The van der Waals surface area contributed by atoms with Crippen molar-refractivity contribution in [1.29, 1.82) is 0 Å². The summed E-state index contributed by atoms with van der Waals surface area (Å²) in [6, 6.07) is 3.10. The molecule has 8 heteroatoms. The van der Waals surface area contributed by atoms with Crippen molar-refractivity contribution in [2.24, 2.45) is 0 Å². The van der Waals surface area contributed by atoms with Gasteiger partial charge in [0.25, 0.3) is 0 Å². The molecule has 0 atom stereocenters. The van der Waals surface area contributed by atoms with Gasteiger partial charge in [0.1, 0.15) is 11.6 Å². The zero-order valence-electron chi connectivity index (χ0n) is 10.1. The average Bonchev–Trinajstić information content (AvgIpc) is 2.71. The number of hydrogen-bond acceptors (Lipinski definition) is 5. The Bertz CT molecular complexity index is 677. The quantitative estimate of drug-likeness (QED) is 0.822. The van der Waals surface area contributed by atoms with Crippen molar-refractivity contribution in [3.63, 3.8) is 0 Å². The SMILES string of the molecule is Cc1cnc(CNS(=O)(=O)c2cc(N)cc(F)c2)o1. The van der Waals surface area contributed by atoms with Crippen molar-refractivity contribution in [3.8, 4) is 0 Å². The van der Waals surface area contributed by atoms with Gasteiger partial charge in [-0.05, 0) is 25.1 Å². The standard InChI is InChI=1S/C11H12FN3O3S/c1-7-5-14-11(18-7)6-15-19(16,17)10-3-8(12)2-9(13)4-10/h2-5,15H,6,13H2,1H3. The fourth-order valence-electron chi connectivity index (χ4n) is 1.46. The largest absolute Gasteiger partial charge is 0.445 e. The Morgan fingerprint density at radius 3 is 2.74 bits per heavy atom. The number of sulfonamides is 1. The number of nitrogens with zero attached hydrogens (tertiary/aromatic N) is 1. The lowest BCUT2D eigenvalue weighted by Crippen LogP contribution is -2.23. The fourth-order valence-corrected chi connectivity index (χ4v) is 2.50. The highest BCUT2D eigenvalue weighted by atomic mass is 32.2. The second kappa shape index (κ2) is 4.98. The van der Waals surface area contributed by atoms with Gasteiger partial charge in [0.2, 0.25) is 15.9 Å². The first-order valence-electron chi connectivity index (χ1n) is 5.34. The minimum atomic E-state index is -3.86. The number of rotatable bonds is 4. The summed E-state index contributed by atoms with van der Waals surface area (Å²) in [5.74, 6) is 0.0852. The molecule has 0 aliphatic rings. The molecule has 3 N–H and O–H groups in total. The molecule has 102 valence electrons. The Labute approximate surface area is 109 Å². The number of oxazole rings is 1. The molecule has 0 unspecified atom stereocenters. The molecule has 0 aliphatic heterocycles. The maximum absolute atomic E-state index is 13.1. The van der Waals surface area contributed by atoms with Crippen LogP contribution in [0.15, 0.2) is 33.7 Å². The lowest BCUT2D eigenvalue weighted by atomic mass is 10.3. The van der Waals surface area contributed by atoms with E-state index >= 15 is 0 Å². The molecule has 1 aromatic carbocycles. The molecule has 0 spiro atoms. The second-order valence-electron chi connectivity index (χ2n) is 3.91. The second-order valence-corrected chi connectivity index (χ2v) is 5.68. The van der Waals surface area contributed by atoms with Crippen LogP contribution in [0.4, 0.5) is 10.1 Å². The third-order valence-corrected chi connectivity index (χ3v) is 3.67. The van der Waals surface area contributed by atoms with E-state index in [1.165, 1.54) is 12.3 Å². The number of nitrogens with one attached hydrogen (secondary N) is 1. The minimum absolute atomic E-state index is 0.0346. The summed E-state index contributed by atoms with van der Waals surface area (Å²) in [4.78, 5) is 3.61. The molecule has 0 amide bonds. The van der Waals surface area contributed by atoms with Gasteiger partial charge in [-0.25, -0.2) is 22.5 Å². The third-order valence-electron chi connectivity index (χ3n) is 2.29. The van der Waals surface area contributed by atoms with E-state index in [4.69, 9.17) is 10.2 Å². The predicted octanol–water partition coefficient (Wildman–Crippen LogP) is 1.18. The smallest absolute Gasteiger partial charge is 0.241 e. The first-order valence-corrected chi connectivity index (χ1v) is 6.82. The number of aryl methyl sites for hydroxylation is 1. The predicted molar refractivity (Wildman–Crippen MR) is 66.1 cm³/mol. The zero-order chi connectivity index (χ0) is 14.0. The van der Waals surface area contributed by atoms with Crippen molar-refractivity contribution in [1.82, 2.24) is 9.71 Å².